The Bertz CT molecular complexity index is 254. The second-order valence-electron chi connectivity index (χ2n) is 3.95. The van der Waals surface area contributed by atoms with E-state index in [1.165, 1.54) is 30.9 Å². The zero-order chi connectivity index (χ0) is 9.80. The lowest BCUT2D eigenvalue weighted by molar-refractivity contribution is 0.347. The van der Waals surface area contributed by atoms with E-state index in [2.05, 4.69) is 27.3 Å². The van der Waals surface area contributed by atoms with Crippen LogP contribution in [-0.4, -0.2) is 23.5 Å². The lowest BCUT2D eigenvalue weighted by atomic mass is 9.93. The number of nitrogens with zero attached hydrogens (tertiary/aromatic N) is 1. The number of aromatic nitrogens is 1. The van der Waals surface area contributed by atoms with Gasteiger partial charge >= 0.3 is 0 Å². The summed E-state index contributed by atoms with van der Waals surface area (Å²) in [5, 5.41) is 9.00. The molecule has 2 unspecified atom stereocenters. The Morgan fingerprint density at radius 1 is 1.71 bits per heavy atom. The SMILES string of the molecule is CC(Nc1cnsc1)C1CCCNC1. The van der Waals surface area contributed by atoms with Crippen molar-refractivity contribution in [1.82, 2.24) is 9.69 Å². The van der Waals surface area contributed by atoms with E-state index in [0.29, 0.717) is 6.04 Å². The van der Waals surface area contributed by atoms with Crippen LogP contribution in [0, 0.1) is 5.92 Å². The van der Waals surface area contributed by atoms with Crippen LogP contribution in [-0.2, 0) is 0 Å². The predicted molar refractivity (Wildman–Crippen MR) is 60.8 cm³/mol. The van der Waals surface area contributed by atoms with Crippen LogP contribution in [0.5, 0.6) is 0 Å². The molecule has 0 bridgehead atoms. The Morgan fingerprint density at radius 2 is 2.64 bits per heavy atom. The zero-order valence-corrected chi connectivity index (χ0v) is 9.31. The quantitative estimate of drug-likeness (QED) is 0.802. The van der Waals surface area contributed by atoms with Gasteiger partial charge in [0.25, 0.3) is 0 Å². The van der Waals surface area contributed by atoms with E-state index in [4.69, 9.17) is 0 Å². The summed E-state index contributed by atoms with van der Waals surface area (Å²) in [6, 6.07) is 0.541. The molecule has 0 radical (unpaired) electrons. The molecule has 2 heterocycles. The van der Waals surface area contributed by atoms with E-state index >= 15 is 0 Å². The van der Waals surface area contributed by atoms with Gasteiger partial charge in [0.05, 0.1) is 11.9 Å². The Morgan fingerprint density at radius 3 is 3.29 bits per heavy atom. The van der Waals surface area contributed by atoms with Crippen LogP contribution in [0.25, 0.3) is 0 Å². The first-order valence-corrected chi connectivity index (χ1v) is 6.06. The molecule has 2 rings (SSSR count). The third-order valence-corrected chi connectivity index (χ3v) is 3.46. The Hall–Kier alpha value is -0.610. The molecule has 1 saturated heterocycles. The summed E-state index contributed by atoms with van der Waals surface area (Å²) in [6.07, 6.45) is 4.54. The van der Waals surface area contributed by atoms with Gasteiger partial charge in [-0.1, -0.05) is 0 Å². The second kappa shape index (κ2) is 4.75. The van der Waals surface area contributed by atoms with Gasteiger partial charge in [0, 0.05) is 11.4 Å². The van der Waals surface area contributed by atoms with Crippen molar-refractivity contribution in [3.05, 3.63) is 11.6 Å². The number of anilines is 1. The molecule has 3 nitrogen and oxygen atoms in total. The molecule has 1 aromatic rings. The summed E-state index contributed by atoms with van der Waals surface area (Å²) in [5.74, 6) is 0.753. The first-order valence-electron chi connectivity index (χ1n) is 5.23. The number of rotatable bonds is 3. The number of piperidine rings is 1. The highest BCUT2D eigenvalue weighted by molar-refractivity contribution is 7.04. The molecule has 0 aliphatic carbocycles. The molecule has 0 saturated carbocycles. The number of hydrogen-bond acceptors (Lipinski definition) is 4. The smallest absolute Gasteiger partial charge is 0.0655 e. The highest BCUT2D eigenvalue weighted by atomic mass is 32.1. The summed E-state index contributed by atoms with van der Waals surface area (Å²) in [6.45, 7) is 4.59. The minimum Gasteiger partial charge on any atom is -0.380 e. The van der Waals surface area contributed by atoms with Crippen LogP contribution >= 0.6 is 11.5 Å². The molecule has 1 aromatic heterocycles. The van der Waals surface area contributed by atoms with Crippen molar-refractivity contribution in [2.24, 2.45) is 5.92 Å². The minimum atomic E-state index is 0.541. The van der Waals surface area contributed by atoms with E-state index in [-0.39, 0.29) is 0 Å². The van der Waals surface area contributed by atoms with Crippen molar-refractivity contribution in [3.63, 3.8) is 0 Å². The highest BCUT2D eigenvalue weighted by Gasteiger charge is 2.19. The molecular formula is C10H17N3S. The van der Waals surface area contributed by atoms with E-state index in [9.17, 15) is 0 Å². The predicted octanol–water partition coefficient (Wildman–Crippen LogP) is 1.94. The van der Waals surface area contributed by atoms with Crippen LogP contribution in [0.1, 0.15) is 19.8 Å². The van der Waals surface area contributed by atoms with Crippen molar-refractivity contribution in [3.8, 4) is 0 Å². The van der Waals surface area contributed by atoms with Gasteiger partial charge < -0.3 is 10.6 Å². The van der Waals surface area contributed by atoms with E-state index in [1.54, 1.807) is 0 Å². The molecule has 2 N–H and O–H groups in total. The molecule has 78 valence electrons. The van der Waals surface area contributed by atoms with Crippen LogP contribution < -0.4 is 10.6 Å². The topological polar surface area (TPSA) is 37.0 Å². The maximum Gasteiger partial charge on any atom is 0.0655 e. The fourth-order valence-electron chi connectivity index (χ4n) is 1.96. The lowest BCUT2D eigenvalue weighted by Gasteiger charge is -2.29. The molecule has 14 heavy (non-hydrogen) atoms. The van der Waals surface area contributed by atoms with Gasteiger partial charge in [-0.3, -0.25) is 0 Å². The fraction of sp³-hybridized carbons (Fsp3) is 0.700. The van der Waals surface area contributed by atoms with Crippen molar-refractivity contribution in [2.45, 2.75) is 25.8 Å². The Labute approximate surface area is 89.1 Å². The molecule has 1 fully saturated rings. The van der Waals surface area contributed by atoms with Crippen LogP contribution in [0.2, 0.25) is 0 Å². The van der Waals surface area contributed by atoms with Crippen molar-refractivity contribution < 1.29 is 0 Å². The maximum absolute atomic E-state index is 4.08. The average molecular weight is 211 g/mol. The van der Waals surface area contributed by atoms with Gasteiger partial charge in [-0.25, -0.2) is 0 Å². The molecule has 4 heteroatoms. The van der Waals surface area contributed by atoms with Crippen LogP contribution in [0.3, 0.4) is 0 Å². The third kappa shape index (κ3) is 2.45. The Balaban J connectivity index is 1.85. The maximum atomic E-state index is 4.08. The molecule has 0 amide bonds. The third-order valence-electron chi connectivity index (χ3n) is 2.87. The van der Waals surface area contributed by atoms with Crippen LogP contribution in [0.4, 0.5) is 5.69 Å². The lowest BCUT2D eigenvalue weighted by Crippen LogP contribution is -2.38. The number of hydrogen-bond donors (Lipinski definition) is 2. The molecule has 0 aromatic carbocycles. The summed E-state index contributed by atoms with van der Waals surface area (Å²) in [5.41, 5.74) is 1.16. The van der Waals surface area contributed by atoms with Crippen molar-refractivity contribution in [1.29, 1.82) is 0 Å². The van der Waals surface area contributed by atoms with Crippen molar-refractivity contribution >= 4 is 17.2 Å². The van der Waals surface area contributed by atoms with E-state index in [0.717, 1.165) is 18.2 Å². The first-order chi connectivity index (χ1) is 6.86. The van der Waals surface area contributed by atoms with Gasteiger partial charge in [0.2, 0.25) is 0 Å². The summed E-state index contributed by atoms with van der Waals surface area (Å²) in [7, 11) is 0. The van der Waals surface area contributed by atoms with Gasteiger partial charge in [-0.15, -0.1) is 0 Å². The van der Waals surface area contributed by atoms with Gasteiger partial charge in [0.15, 0.2) is 0 Å². The van der Waals surface area contributed by atoms with E-state index < -0.39 is 0 Å². The molecule has 1 aliphatic rings. The second-order valence-corrected chi connectivity index (χ2v) is 4.61. The summed E-state index contributed by atoms with van der Waals surface area (Å²) < 4.78 is 4.08. The summed E-state index contributed by atoms with van der Waals surface area (Å²) >= 11 is 1.50. The molecule has 2 atom stereocenters. The fourth-order valence-corrected chi connectivity index (χ4v) is 2.44. The summed E-state index contributed by atoms with van der Waals surface area (Å²) in [4.78, 5) is 0. The molecule has 1 aliphatic heterocycles. The largest absolute Gasteiger partial charge is 0.380 e. The highest BCUT2D eigenvalue weighted by Crippen LogP contribution is 2.18. The molecule has 0 spiro atoms. The Kier molecular flexibility index (Phi) is 3.37. The normalized spacial score (nSPS) is 24.5. The molecular weight excluding hydrogens is 194 g/mol. The monoisotopic (exact) mass is 211 g/mol. The standard InChI is InChI=1S/C10H17N3S/c1-8(9-3-2-4-11-5-9)13-10-6-12-14-7-10/h6-9,11,13H,2-5H2,1H3. The zero-order valence-electron chi connectivity index (χ0n) is 8.49. The first kappa shape index (κ1) is 9.93. The number of nitrogens with one attached hydrogen (secondary N) is 2. The van der Waals surface area contributed by atoms with Gasteiger partial charge in [-0.05, 0) is 50.3 Å². The van der Waals surface area contributed by atoms with Crippen LogP contribution in [0.15, 0.2) is 11.6 Å². The van der Waals surface area contributed by atoms with Crippen molar-refractivity contribution in [2.75, 3.05) is 18.4 Å². The van der Waals surface area contributed by atoms with E-state index in [1.807, 2.05) is 6.20 Å². The minimum absolute atomic E-state index is 0.541. The van der Waals surface area contributed by atoms with Gasteiger partial charge in [0.1, 0.15) is 0 Å². The average Bonchev–Trinajstić information content (AvgIpc) is 2.72. The van der Waals surface area contributed by atoms with Gasteiger partial charge in [-0.2, -0.15) is 4.37 Å².